The van der Waals surface area contributed by atoms with Crippen LogP contribution in [0.3, 0.4) is 0 Å². The second-order valence-corrected chi connectivity index (χ2v) is 7.38. The lowest BCUT2D eigenvalue weighted by Gasteiger charge is -2.14. The molecule has 1 amide bonds. The highest BCUT2D eigenvalue weighted by Crippen LogP contribution is 2.22. The maximum Gasteiger partial charge on any atom is 0.492 e. The number of amidine groups is 1. The smallest absolute Gasteiger partial charge is 0.492 e. The van der Waals surface area contributed by atoms with Gasteiger partial charge in [-0.15, -0.1) is 5.10 Å². The Labute approximate surface area is 167 Å². The molecular weight excluding hydrogens is 385 g/mol. The zero-order valence-electron chi connectivity index (χ0n) is 15.6. The number of hydrogen-bond donors (Lipinski definition) is 4. The lowest BCUT2D eigenvalue weighted by Crippen LogP contribution is -2.32. The van der Waals surface area contributed by atoms with Crippen LogP contribution in [0.1, 0.15) is 37.3 Å². The molecule has 150 valence electrons. The highest BCUT2D eigenvalue weighted by Gasteiger charge is 2.32. The minimum absolute atomic E-state index is 0.205. The van der Waals surface area contributed by atoms with Crippen molar-refractivity contribution in [3.05, 3.63) is 23.3 Å². The predicted molar refractivity (Wildman–Crippen MR) is 108 cm³/mol. The van der Waals surface area contributed by atoms with Crippen molar-refractivity contribution in [3.8, 4) is 5.75 Å². The van der Waals surface area contributed by atoms with Crippen molar-refractivity contribution < 1.29 is 29.5 Å². The van der Waals surface area contributed by atoms with Crippen LogP contribution in [0.5, 0.6) is 5.75 Å². The van der Waals surface area contributed by atoms with E-state index in [1.165, 1.54) is 6.21 Å². The first-order valence-electron chi connectivity index (χ1n) is 8.75. The van der Waals surface area contributed by atoms with E-state index in [1.54, 1.807) is 19.1 Å². The second kappa shape index (κ2) is 10.3. The number of ether oxygens (including phenoxy) is 1. The average molecular weight is 407 g/mol. The highest BCUT2D eigenvalue weighted by atomic mass is 32.2. The topological polar surface area (TPSA) is 141 Å². The summed E-state index contributed by atoms with van der Waals surface area (Å²) in [4.78, 5) is 22.5. The summed E-state index contributed by atoms with van der Waals surface area (Å²) in [6.07, 6.45) is 2.82. The van der Waals surface area contributed by atoms with Gasteiger partial charge < -0.3 is 25.2 Å². The number of amides is 1. The number of rotatable bonds is 9. The molecule has 1 aromatic carbocycles. The molecule has 28 heavy (non-hydrogen) atoms. The minimum atomic E-state index is -1.70. The summed E-state index contributed by atoms with van der Waals surface area (Å²) in [5.41, 5.74) is 1.53. The zero-order chi connectivity index (χ0) is 20.7. The van der Waals surface area contributed by atoms with Crippen LogP contribution in [0.25, 0.3) is 0 Å². The molecule has 1 unspecified atom stereocenters. The zero-order valence-corrected chi connectivity index (χ0v) is 16.4. The number of carbonyl (C=O) groups excluding carboxylic acids is 1. The molecule has 0 bridgehead atoms. The number of aliphatic carboxylic acids is 1. The van der Waals surface area contributed by atoms with Crippen molar-refractivity contribution in [1.29, 1.82) is 0 Å². The Morgan fingerprint density at radius 1 is 1.43 bits per heavy atom. The Balaban J connectivity index is 2.22. The van der Waals surface area contributed by atoms with Crippen molar-refractivity contribution >= 4 is 47.6 Å². The van der Waals surface area contributed by atoms with Crippen molar-refractivity contribution in [1.82, 2.24) is 5.32 Å². The van der Waals surface area contributed by atoms with Gasteiger partial charge in [0, 0.05) is 11.0 Å². The van der Waals surface area contributed by atoms with E-state index in [-0.39, 0.29) is 17.1 Å². The molecule has 0 aliphatic carbocycles. The first-order valence-corrected chi connectivity index (χ1v) is 9.63. The van der Waals surface area contributed by atoms with Crippen LogP contribution >= 0.6 is 11.8 Å². The van der Waals surface area contributed by atoms with E-state index in [4.69, 9.17) is 9.84 Å². The molecular formula is C17H22BN3O6S. The molecule has 1 heterocycles. The fourth-order valence-corrected chi connectivity index (χ4v) is 3.41. The van der Waals surface area contributed by atoms with Gasteiger partial charge in [-0.05, 0) is 19.4 Å². The first-order chi connectivity index (χ1) is 13.3. The van der Waals surface area contributed by atoms with Crippen molar-refractivity contribution in [2.75, 3.05) is 6.61 Å². The third kappa shape index (κ3) is 6.08. The quantitative estimate of drug-likeness (QED) is 0.199. The van der Waals surface area contributed by atoms with E-state index in [9.17, 15) is 19.6 Å². The number of carbonyl (C=O) groups is 2. The monoisotopic (exact) mass is 407 g/mol. The molecule has 1 fully saturated rings. The van der Waals surface area contributed by atoms with Gasteiger partial charge in [-0.25, -0.2) is 0 Å². The summed E-state index contributed by atoms with van der Waals surface area (Å²) in [6.45, 7) is 4.23. The number of unbranched alkanes of at least 4 members (excludes halogenated alkanes) is 1. The standard InChI is InChI=1S/C17H22BN3O6S/c1-3-4-5-27-15-11(6-10(2)7-12(15)18(25)26)9-19-21-17-20-16(24)13(28-17)8-14(22)23/h6-7,9,13,25-26H,3-5,8H2,1-2H3,(H,22,23)(H,20,21,24). The molecule has 0 spiro atoms. The maximum atomic E-state index is 11.7. The molecule has 1 atom stereocenters. The number of carboxylic acids is 1. The van der Waals surface area contributed by atoms with E-state index in [0.717, 1.165) is 30.2 Å². The summed E-state index contributed by atoms with van der Waals surface area (Å²) < 4.78 is 5.73. The Hall–Kier alpha value is -2.37. The Morgan fingerprint density at radius 2 is 2.18 bits per heavy atom. The number of aryl methyl sites for hydroxylation is 1. The van der Waals surface area contributed by atoms with Gasteiger partial charge in [0.25, 0.3) is 0 Å². The third-order valence-corrected chi connectivity index (χ3v) is 4.87. The number of hydrogen-bond acceptors (Lipinski definition) is 8. The summed E-state index contributed by atoms with van der Waals surface area (Å²) >= 11 is 0.998. The molecule has 4 N–H and O–H groups in total. The van der Waals surface area contributed by atoms with Crippen molar-refractivity contribution in [3.63, 3.8) is 0 Å². The molecule has 1 saturated heterocycles. The molecule has 0 saturated carbocycles. The van der Waals surface area contributed by atoms with Crippen LogP contribution < -0.4 is 15.5 Å². The van der Waals surface area contributed by atoms with Gasteiger partial charge in [-0.3, -0.25) is 9.59 Å². The van der Waals surface area contributed by atoms with E-state index in [1.807, 2.05) is 6.92 Å². The average Bonchev–Trinajstić information content (AvgIpc) is 2.95. The van der Waals surface area contributed by atoms with Crippen molar-refractivity contribution in [2.24, 2.45) is 10.2 Å². The third-order valence-electron chi connectivity index (χ3n) is 3.80. The molecule has 11 heteroatoms. The number of benzene rings is 1. The van der Waals surface area contributed by atoms with E-state index in [2.05, 4.69) is 15.5 Å². The Kier molecular flexibility index (Phi) is 8.03. The number of nitrogens with zero attached hydrogens (tertiary/aromatic N) is 2. The number of nitrogens with one attached hydrogen (secondary N) is 1. The minimum Gasteiger partial charge on any atom is -0.493 e. The maximum absolute atomic E-state index is 11.7. The fourth-order valence-electron chi connectivity index (χ4n) is 2.49. The van der Waals surface area contributed by atoms with Gasteiger partial charge in [0.2, 0.25) is 5.91 Å². The Morgan fingerprint density at radius 3 is 2.82 bits per heavy atom. The van der Waals surface area contributed by atoms with Gasteiger partial charge in [0.1, 0.15) is 11.0 Å². The van der Waals surface area contributed by atoms with Gasteiger partial charge in [-0.1, -0.05) is 36.7 Å². The number of carboxylic acid groups (broad SMARTS) is 1. The van der Waals surface area contributed by atoms with Crippen LogP contribution in [0.4, 0.5) is 0 Å². The molecule has 1 aromatic rings. The molecule has 9 nitrogen and oxygen atoms in total. The second-order valence-electron chi connectivity index (χ2n) is 6.19. The van der Waals surface area contributed by atoms with Gasteiger partial charge in [0.05, 0.1) is 19.2 Å². The SMILES string of the molecule is CCCCOc1c(C=NN=C2NC(=O)C(CC(=O)O)S2)cc(C)cc1B(O)O. The fraction of sp³-hybridized carbons (Fsp3) is 0.412. The molecule has 0 radical (unpaired) electrons. The van der Waals surface area contributed by atoms with Crippen LogP contribution in [-0.2, 0) is 9.59 Å². The van der Waals surface area contributed by atoms with Crippen LogP contribution in [0, 0.1) is 6.92 Å². The lowest BCUT2D eigenvalue weighted by molar-refractivity contribution is -0.138. The van der Waals surface area contributed by atoms with Gasteiger partial charge in [-0.2, -0.15) is 5.10 Å². The van der Waals surface area contributed by atoms with Crippen LogP contribution in [0.15, 0.2) is 22.3 Å². The van der Waals surface area contributed by atoms with Crippen molar-refractivity contribution in [2.45, 2.75) is 38.4 Å². The van der Waals surface area contributed by atoms with Crippen LogP contribution in [0.2, 0.25) is 0 Å². The Bertz CT molecular complexity index is 799. The summed E-state index contributed by atoms with van der Waals surface area (Å²) in [5, 5.41) is 37.9. The largest absolute Gasteiger partial charge is 0.493 e. The summed E-state index contributed by atoms with van der Waals surface area (Å²) in [6, 6.07) is 3.39. The van der Waals surface area contributed by atoms with Gasteiger partial charge in [0.15, 0.2) is 5.17 Å². The number of thioether (sulfide) groups is 1. The van der Waals surface area contributed by atoms with Gasteiger partial charge >= 0.3 is 13.1 Å². The summed E-state index contributed by atoms with van der Waals surface area (Å²) in [7, 11) is -1.70. The van der Waals surface area contributed by atoms with E-state index in [0.29, 0.717) is 17.9 Å². The molecule has 0 aromatic heterocycles. The summed E-state index contributed by atoms with van der Waals surface area (Å²) in [5.74, 6) is -1.18. The predicted octanol–water partition coefficient (Wildman–Crippen LogP) is 0.250. The van der Waals surface area contributed by atoms with Crippen LogP contribution in [-0.4, -0.2) is 57.4 Å². The van der Waals surface area contributed by atoms with E-state index >= 15 is 0 Å². The first kappa shape index (κ1) is 21.9. The lowest BCUT2D eigenvalue weighted by atomic mass is 9.77. The normalized spacial score (nSPS) is 17.9. The van der Waals surface area contributed by atoms with E-state index < -0.39 is 24.2 Å². The molecule has 1 aliphatic rings. The molecule has 2 rings (SSSR count). The highest BCUT2D eigenvalue weighted by molar-refractivity contribution is 8.15. The molecule has 1 aliphatic heterocycles.